The van der Waals surface area contributed by atoms with Crippen LogP contribution >= 0.6 is 0 Å². The smallest absolute Gasteiger partial charge is 0.350 e. The Morgan fingerprint density at radius 3 is 2.41 bits per heavy atom. The van der Waals surface area contributed by atoms with Gasteiger partial charge in [0.25, 0.3) is 0 Å². The summed E-state index contributed by atoms with van der Waals surface area (Å²) in [6.45, 7) is 4.29. The van der Waals surface area contributed by atoms with E-state index in [9.17, 15) is 4.79 Å². The molecule has 0 saturated heterocycles. The topological polar surface area (TPSA) is 49.7 Å². The molecule has 0 fully saturated rings. The Morgan fingerprint density at radius 1 is 1.29 bits per heavy atom. The molecular weight excluding hydrogens is 214 g/mol. The third kappa shape index (κ3) is 2.44. The highest BCUT2D eigenvalue weighted by Gasteiger charge is 2.15. The van der Waals surface area contributed by atoms with Crippen molar-refractivity contribution in [1.82, 2.24) is 0 Å². The van der Waals surface area contributed by atoms with Crippen LogP contribution in [-0.4, -0.2) is 16.8 Å². The van der Waals surface area contributed by atoms with E-state index in [1.165, 1.54) is 5.56 Å². The van der Waals surface area contributed by atoms with Gasteiger partial charge in [-0.1, -0.05) is 44.2 Å². The van der Waals surface area contributed by atoms with Crippen LogP contribution in [0.4, 0.5) is 0 Å². The highest BCUT2D eigenvalue weighted by atomic mass is 16.4. The van der Waals surface area contributed by atoms with Gasteiger partial charge in [-0.15, -0.1) is 0 Å². The van der Waals surface area contributed by atoms with Crippen molar-refractivity contribution in [2.45, 2.75) is 26.2 Å². The fraction of sp³-hybridized carbons (Fsp3) is 0.286. The van der Waals surface area contributed by atoms with Crippen LogP contribution < -0.4 is 0 Å². The van der Waals surface area contributed by atoms with E-state index in [-0.39, 0.29) is 5.71 Å². The van der Waals surface area contributed by atoms with E-state index >= 15 is 0 Å². The van der Waals surface area contributed by atoms with Crippen LogP contribution in [0, 0.1) is 0 Å². The maximum Gasteiger partial charge on any atom is 0.350 e. The number of aliphatic carboxylic acids is 1. The maximum atomic E-state index is 10.8. The summed E-state index contributed by atoms with van der Waals surface area (Å²) in [5.41, 5.74) is 3.23. The number of aliphatic imine (C=N–C) groups is 1. The highest BCUT2D eigenvalue weighted by Crippen LogP contribution is 2.24. The zero-order chi connectivity index (χ0) is 12.4. The van der Waals surface area contributed by atoms with Crippen molar-refractivity contribution in [1.29, 1.82) is 0 Å². The van der Waals surface area contributed by atoms with Crippen LogP contribution in [-0.2, 0) is 4.79 Å². The van der Waals surface area contributed by atoms with Gasteiger partial charge < -0.3 is 5.11 Å². The average Bonchev–Trinajstić information content (AvgIpc) is 2.78. The molecule has 2 rings (SSSR count). The third-order valence-electron chi connectivity index (χ3n) is 2.86. The summed E-state index contributed by atoms with van der Waals surface area (Å²) in [7, 11) is 0. The van der Waals surface area contributed by atoms with Gasteiger partial charge in [-0.05, 0) is 17.0 Å². The van der Waals surface area contributed by atoms with Gasteiger partial charge in [-0.3, -0.25) is 0 Å². The maximum absolute atomic E-state index is 10.8. The first kappa shape index (κ1) is 11.6. The van der Waals surface area contributed by atoms with Crippen molar-refractivity contribution in [3.8, 4) is 0 Å². The van der Waals surface area contributed by atoms with Gasteiger partial charge in [-0.25, -0.2) is 9.79 Å². The summed E-state index contributed by atoms with van der Waals surface area (Å²) < 4.78 is 0. The molecule has 88 valence electrons. The Bertz CT molecular complexity index is 495. The largest absolute Gasteiger partial charge is 0.477 e. The fourth-order valence-electron chi connectivity index (χ4n) is 1.79. The molecule has 1 heterocycles. The zero-order valence-corrected chi connectivity index (χ0v) is 9.97. The molecule has 17 heavy (non-hydrogen) atoms. The minimum Gasteiger partial charge on any atom is -0.477 e. The second-order valence-electron chi connectivity index (χ2n) is 4.43. The number of rotatable bonds is 3. The van der Waals surface area contributed by atoms with Crippen LogP contribution in [0.25, 0.3) is 5.70 Å². The van der Waals surface area contributed by atoms with Crippen LogP contribution in [0.5, 0.6) is 0 Å². The molecule has 1 N–H and O–H groups in total. The number of hydrogen-bond acceptors (Lipinski definition) is 2. The Labute approximate surface area is 101 Å². The summed E-state index contributed by atoms with van der Waals surface area (Å²) in [6, 6.07) is 8.12. The van der Waals surface area contributed by atoms with Crippen LogP contribution in [0.2, 0.25) is 0 Å². The Morgan fingerprint density at radius 2 is 1.94 bits per heavy atom. The van der Waals surface area contributed by atoms with Gasteiger partial charge in [0, 0.05) is 6.42 Å². The molecule has 1 aliphatic heterocycles. The zero-order valence-electron chi connectivity index (χ0n) is 9.97. The lowest BCUT2D eigenvalue weighted by molar-refractivity contribution is -0.129. The molecule has 3 nitrogen and oxygen atoms in total. The summed E-state index contributed by atoms with van der Waals surface area (Å²) in [5.74, 6) is -0.435. The molecule has 1 aromatic rings. The number of carboxylic acid groups (broad SMARTS) is 1. The molecule has 0 aromatic heterocycles. The lowest BCUT2D eigenvalue weighted by atomic mass is 10.0. The van der Waals surface area contributed by atoms with Crippen molar-refractivity contribution in [3.63, 3.8) is 0 Å². The molecule has 0 amide bonds. The number of carbonyl (C=O) groups is 1. The van der Waals surface area contributed by atoms with Gasteiger partial charge in [-0.2, -0.15) is 0 Å². The van der Waals surface area contributed by atoms with Gasteiger partial charge in [0.2, 0.25) is 0 Å². The van der Waals surface area contributed by atoms with E-state index in [1.807, 2.05) is 18.2 Å². The quantitative estimate of drug-likeness (QED) is 0.865. The number of benzene rings is 1. The second kappa shape index (κ2) is 4.53. The number of hydrogen-bond donors (Lipinski definition) is 1. The van der Waals surface area contributed by atoms with Crippen LogP contribution in [0.15, 0.2) is 35.3 Å². The van der Waals surface area contributed by atoms with E-state index in [0.29, 0.717) is 12.3 Å². The van der Waals surface area contributed by atoms with E-state index in [4.69, 9.17) is 5.11 Å². The summed E-state index contributed by atoms with van der Waals surface area (Å²) >= 11 is 0. The third-order valence-corrected chi connectivity index (χ3v) is 2.86. The first-order valence-corrected chi connectivity index (χ1v) is 5.69. The number of allylic oxidation sites excluding steroid dienone is 1. The van der Waals surface area contributed by atoms with Crippen molar-refractivity contribution in [2.24, 2.45) is 4.99 Å². The molecule has 0 bridgehead atoms. The molecule has 0 spiro atoms. The number of carboxylic acids is 1. The molecule has 0 aliphatic carbocycles. The predicted octanol–water partition coefficient (Wildman–Crippen LogP) is 3.08. The van der Waals surface area contributed by atoms with Crippen molar-refractivity contribution in [3.05, 3.63) is 41.5 Å². The molecule has 3 heteroatoms. The molecule has 1 aromatic carbocycles. The minimum absolute atomic E-state index is 0.216. The van der Waals surface area contributed by atoms with E-state index < -0.39 is 5.97 Å². The van der Waals surface area contributed by atoms with Crippen molar-refractivity contribution < 1.29 is 9.90 Å². The Hall–Kier alpha value is -1.90. The Kier molecular flexibility index (Phi) is 3.09. The van der Waals surface area contributed by atoms with Crippen LogP contribution in [0.3, 0.4) is 0 Å². The van der Waals surface area contributed by atoms with Gasteiger partial charge >= 0.3 is 5.97 Å². The minimum atomic E-state index is -0.935. The van der Waals surface area contributed by atoms with Crippen LogP contribution in [0.1, 0.15) is 37.3 Å². The molecule has 0 unspecified atom stereocenters. The van der Waals surface area contributed by atoms with Gasteiger partial charge in [0.05, 0.1) is 5.70 Å². The monoisotopic (exact) mass is 229 g/mol. The van der Waals surface area contributed by atoms with Crippen molar-refractivity contribution >= 4 is 17.4 Å². The van der Waals surface area contributed by atoms with Crippen molar-refractivity contribution in [2.75, 3.05) is 0 Å². The first-order chi connectivity index (χ1) is 8.08. The first-order valence-electron chi connectivity index (χ1n) is 5.69. The normalized spacial score (nSPS) is 14.8. The SMILES string of the molecule is CC(C)c1ccc(C2=CCC(C(=O)O)=N2)cc1. The predicted molar refractivity (Wildman–Crippen MR) is 68.2 cm³/mol. The lowest BCUT2D eigenvalue weighted by Crippen LogP contribution is -2.08. The molecular formula is C14H15NO2. The number of nitrogens with zero attached hydrogens (tertiary/aromatic N) is 1. The van der Waals surface area contributed by atoms with E-state index in [0.717, 1.165) is 11.3 Å². The van der Waals surface area contributed by atoms with Gasteiger partial charge in [0.1, 0.15) is 5.71 Å². The summed E-state index contributed by atoms with van der Waals surface area (Å²) in [5, 5.41) is 8.83. The average molecular weight is 229 g/mol. The van der Waals surface area contributed by atoms with Gasteiger partial charge in [0.15, 0.2) is 0 Å². The Balaban J connectivity index is 2.22. The summed E-state index contributed by atoms with van der Waals surface area (Å²) in [4.78, 5) is 14.9. The fourth-order valence-corrected chi connectivity index (χ4v) is 1.79. The second-order valence-corrected chi connectivity index (χ2v) is 4.43. The summed E-state index contributed by atoms with van der Waals surface area (Å²) in [6.07, 6.45) is 2.27. The molecule has 0 radical (unpaired) electrons. The molecule has 0 atom stereocenters. The van der Waals surface area contributed by atoms with E-state index in [2.05, 4.69) is 31.0 Å². The molecule has 0 saturated carbocycles. The highest BCUT2D eigenvalue weighted by molar-refractivity contribution is 6.38. The lowest BCUT2D eigenvalue weighted by Gasteiger charge is -2.06. The molecule has 1 aliphatic rings. The standard InChI is InChI=1S/C14H15NO2/c1-9(2)10-3-5-11(6-4-10)12-7-8-13(15-12)14(16)17/h3-7,9H,8H2,1-2H3,(H,16,17). The van der Waals surface area contributed by atoms with E-state index in [1.54, 1.807) is 0 Å².